The van der Waals surface area contributed by atoms with E-state index in [1.54, 1.807) is 30.3 Å². The van der Waals surface area contributed by atoms with Gasteiger partial charge in [-0.2, -0.15) is 26.3 Å². The standard InChI is InChI=1S/C17H10F6N4/c18-16(19,20)11-6-10(7-12(8-11)17(21,22)23)14-13(25-15(24)27-26-14)9-4-2-1-3-5-9/h1-8H,(H2,24,25,27). The molecule has 3 rings (SSSR count). The highest BCUT2D eigenvalue weighted by molar-refractivity contribution is 5.78. The Morgan fingerprint density at radius 3 is 1.74 bits per heavy atom. The van der Waals surface area contributed by atoms with E-state index >= 15 is 0 Å². The molecule has 2 aromatic carbocycles. The minimum Gasteiger partial charge on any atom is -0.366 e. The van der Waals surface area contributed by atoms with Crippen LogP contribution in [-0.2, 0) is 12.4 Å². The summed E-state index contributed by atoms with van der Waals surface area (Å²) in [6, 6.07) is 9.29. The van der Waals surface area contributed by atoms with Crippen LogP contribution >= 0.6 is 0 Å². The number of halogens is 6. The summed E-state index contributed by atoms with van der Waals surface area (Å²) in [5.41, 5.74) is 2.37. The predicted molar refractivity (Wildman–Crippen MR) is 85.1 cm³/mol. The highest BCUT2D eigenvalue weighted by atomic mass is 19.4. The summed E-state index contributed by atoms with van der Waals surface area (Å²) in [5.74, 6) is -0.263. The van der Waals surface area contributed by atoms with Crippen molar-refractivity contribution in [3.8, 4) is 22.5 Å². The van der Waals surface area contributed by atoms with Crippen molar-refractivity contribution in [2.24, 2.45) is 0 Å². The number of rotatable bonds is 2. The Bertz CT molecular complexity index is 935. The van der Waals surface area contributed by atoms with Crippen LogP contribution in [0.2, 0.25) is 0 Å². The maximum atomic E-state index is 13.1. The van der Waals surface area contributed by atoms with Crippen LogP contribution in [0.5, 0.6) is 0 Å². The van der Waals surface area contributed by atoms with Gasteiger partial charge >= 0.3 is 12.4 Å². The van der Waals surface area contributed by atoms with Gasteiger partial charge in [-0.15, -0.1) is 10.2 Å². The van der Waals surface area contributed by atoms with Gasteiger partial charge in [0.2, 0.25) is 5.95 Å². The van der Waals surface area contributed by atoms with Crippen LogP contribution in [0.4, 0.5) is 32.3 Å². The van der Waals surface area contributed by atoms with Gasteiger partial charge in [-0.25, -0.2) is 4.98 Å². The third-order valence-corrected chi connectivity index (χ3v) is 3.61. The van der Waals surface area contributed by atoms with Crippen molar-refractivity contribution < 1.29 is 26.3 Å². The molecule has 0 unspecified atom stereocenters. The molecule has 0 fully saturated rings. The molecule has 0 saturated carbocycles. The number of alkyl halides is 6. The monoisotopic (exact) mass is 384 g/mol. The second kappa shape index (κ2) is 6.53. The Balaban J connectivity index is 2.28. The van der Waals surface area contributed by atoms with Crippen LogP contribution in [-0.4, -0.2) is 15.2 Å². The van der Waals surface area contributed by atoms with Gasteiger partial charge in [0.05, 0.1) is 11.1 Å². The van der Waals surface area contributed by atoms with Gasteiger partial charge in [0, 0.05) is 11.1 Å². The van der Waals surface area contributed by atoms with Crippen molar-refractivity contribution in [1.82, 2.24) is 15.2 Å². The summed E-state index contributed by atoms with van der Waals surface area (Å²) < 4.78 is 78.6. The fourth-order valence-corrected chi connectivity index (χ4v) is 2.42. The van der Waals surface area contributed by atoms with Crippen LogP contribution in [0.1, 0.15) is 11.1 Å². The van der Waals surface area contributed by atoms with Gasteiger partial charge in [-0.3, -0.25) is 0 Å². The molecule has 1 aromatic heterocycles. The van der Waals surface area contributed by atoms with E-state index in [0.717, 1.165) is 0 Å². The lowest BCUT2D eigenvalue weighted by Crippen LogP contribution is -2.11. The molecule has 0 aliphatic carbocycles. The maximum Gasteiger partial charge on any atom is 0.416 e. The molecule has 0 aliphatic rings. The van der Waals surface area contributed by atoms with Gasteiger partial charge in [0.15, 0.2) is 0 Å². The van der Waals surface area contributed by atoms with E-state index in [1.807, 2.05) is 0 Å². The molecule has 2 N–H and O–H groups in total. The van der Waals surface area contributed by atoms with Crippen molar-refractivity contribution >= 4 is 5.95 Å². The smallest absolute Gasteiger partial charge is 0.366 e. The Kier molecular flexibility index (Phi) is 4.50. The van der Waals surface area contributed by atoms with Crippen LogP contribution in [0, 0.1) is 0 Å². The van der Waals surface area contributed by atoms with Gasteiger partial charge in [0.1, 0.15) is 11.4 Å². The first-order valence-electron chi connectivity index (χ1n) is 7.41. The zero-order valence-corrected chi connectivity index (χ0v) is 13.3. The highest BCUT2D eigenvalue weighted by Gasteiger charge is 2.37. The first kappa shape index (κ1) is 18.6. The number of nitrogen functional groups attached to an aromatic ring is 1. The predicted octanol–water partition coefficient (Wildman–Crippen LogP) is 4.83. The lowest BCUT2D eigenvalue weighted by Gasteiger charge is -2.15. The number of hydrogen-bond acceptors (Lipinski definition) is 4. The molecule has 10 heteroatoms. The molecule has 3 aromatic rings. The second-order valence-electron chi connectivity index (χ2n) is 5.53. The largest absolute Gasteiger partial charge is 0.416 e. The van der Waals surface area contributed by atoms with E-state index in [1.165, 1.54) is 0 Å². The Labute approximate surface area is 148 Å². The van der Waals surface area contributed by atoms with Crippen molar-refractivity contribution in [3.63, 3.8) is 0 Å². The fraction of sp³-hybridized carbons (Fsp3) is 0.118. The molecule has 0 amide bonds. The minimum absolute atomic E-state index is 0.0237. The molecule has 0 atom stereocenters. The molecule has 0 spiro atoms. The number of anilines is 1. The van der Waals surface area contributed by atoms with Crippen LogP contribution in [0.25, 0.3) is 22.5 Å². The lowest BCUT2D eigenvalue weighted by atomic mass is 9.99. The van der Waals surface area contributed by atoms with E-state index in [9.17, 15) is 26.3 Å². The van der Waals surface area contributed by atoms with E-state index in [2.05, 4.69) is 15.2 Å². The first-order valence-corrected chi connectivity index (χ1v) is 7.41. The van der Waals surface area contributed by atoms with E-state index < -0.39 is 29.0 Å². The average molecular weight is 384 g/mol. The number of nitrogens with two attached hydrogens (primary N) is 1. The average Bonchev–Trinajstić information content (AvgIpc) is 2.60. The third-order valence-electron chi connectivity index (χ3n) is 3.61. The van der Waals surface area contributed by atoms with Crippen molar-refractivity contribution in [2.45, 2.75) is 12.4 Å². The first-order chi connectivity index (χ1) is 12.6. The summed E-state index contributed by atoms with van der Waals surface area (Å²) in [6.07, 6.45) is -9.95. The van der Waals surface area contributed by atoms with Crippen LogP contribution < -0.4 is 5.73 Å². The molecule has 1 heterocycles. The van der Waals surface area contributed by atoms with Gasteiger partial charge in [-0.1, -0.05) is 30.3 Å². The highest BCUT2D eigenvalue weighted by Crippen LogP contribution is 2.39. The van der Waals surface area contributed by atoms with E-state index in [-0.39, 0.29) is 23.4 Å². The van der Waals surface area contributed by atoms with Gasteiger partial charge < -0.3 is 5.73 Å². The topological polar surface area (TPSA) is 64.7 Å². The maximum absolute atomic E-state index is 13.1. The molecular formula is C17H10F6N4. The molecule has 0 aliphatic heterocycles. The quantitative estimate of drug-likeness (QED) is 0.643. The zero-order chi connectivity index (χ0) is 19.8. The van der Waals surface area contributed by atoms with Gasteiger partial charge in [0.25, 0.3) is 0 Å². The summed E-state index contributed by atoms with van der Waals surface area (Å²) in [7, 11) is 0. The molecule has 4 nitrogen and oxygen atoms in total. The SMILES string of the molecule is Nc1nnc(-c2cc(C(F)(F)F)cc(C(F)(F)F)c2)c(-c2ccccc2)n1. The van der Waals surface area contributed by atoms with Crippen LogP contribution in [0.15, 0.2) is 48.5 Å². The number of hydrogen-bond donors (Lipinski definition) is 1. The summed E-state index contributed by atoms with van der Waals surface area (Å²) in [5, 5.41) is 7.18. The van der Waals surface area contributed by atoms with Crippen molar-refractivity contribution in [2.75, 3.05) is 5.73 Å². The number of aromatic nitrogens is 3. The zero-order valence-electron chi connectivity index (χ0n) is 13.3. The van der Waals surface area contributed by atoms with Crippen molar-refractivity contribution in [1.29, 1.82) is 0 Å². The molecule has 27 heavy (non-hydrogen) atoms. The Hall–Kier alpha value is -3.17. The van der Waals surface area contributed by atoms with E-state index in [0.29, 0.717) is 17.7 Å². The summed E-state index contributed by atoms with van der Waals surface area (Å²) >= 11 is 0. The van der Waals surface area contributed by atoms with Crippen LogP contribution in [0.3, 0.4) is 0 Å². The normalized spacial score (nSPS) is 12.2. The van der Waals surface area contributed by atoms with E-state index in [4.69, 9.17) is 5.73 Å². The summed E-state index contributed by atoms with van der Waals surface area (Å²) in [6.45, 7) is 0. The fourth-order valence-electron chi connectivity index (χ4n) is 2.42. The van der Waals surface area contributed by atoms with Gasteiger partial charge in [-0.05, 0) is 18.2 Å². The summed E-state index contributed by atoms with van der Waals surface area (Å²) in [4.78, 5) is 3.95. The second-order valence-corrected chi connectivity index (χ2v) is 5.53. The Morgan fingerprint density at radius 2 is 1.22 bits per heavy atom. The molecular weight excluding hydrogens is 374 g/mol. The molecule has 0 bridgehead atoms. The number of nitrogens with zero attached hydrogens (tertiary/aromatic N) is 3. The molecule has 0 radical (unpaired) electrons. The molecule has 0 saturated heterocycles. The molecule has 140 valence electrons. The minimum atomic E-state index is -4.97. The lowest BCUT2D eigenvalue weighted by molar-refractivity contribution is -0.143. The Morgan fingerprint density at radius 1 is 0.667 bits per heavy atom. The third kappa shape index (κ3) is 3.99. The number of benzene rings is 2. The van der Waals surface area contributed by atoms with Crippen molar-refractivity contribution in [3.05, 3.63) is 59.7 Å².